The van der Waals surface area contributed by atoms with Gasteiger partial charge in [-0.2, -0.15) is 0 Å². The van der Waals surface area contributed by atoms with Crippen molar-refractivity contribution in [3.8, 4) is 0 Å². The van der Waals surface area contributed by atoms with Gasteiger partial charge in [0, 0.05) is 17.3 Å². The molecule has 3 N–H and O–H groups in total. The van der Waals surface area contributed by atoms with E-state index in [2.05, 4.69) is 19.0 Å². The maximum Gasteiger partial charge on any atom is 0.159 e. The monoisotopic (exact) mass is 405 g/mol. The minimum atomic E-state index is -1.05. The van der Waals surface area contributed by atoms with Crippen molar-refractivity contribution in [2.24, 2.45) is 33.7 Å². The van der Waals surface area contributed by atoms with E-state index in [1.54, 1.807) is 6.08 Å². The average Bonchev–Trinajstić information content (AvgIpc) is 2.94. The highest BCUT2D eigenvalue weighted by Gasteiger charge is 2.66. The summed E-state index contributed by atoms with van der Waals surface area (Å²) in [7, 11) is 0. The molecular formula is C23H35NO5. The molecule has 0 amide bonds. The van der Waals surface area contributed by atoms with Crippen LogP contribution in [-0.2, 0) is 9.63 Å². The van der Waals surface area contributed by atoms with Crippen molar-refractivity contribution in [1.29, 1.82) is 0 Å². The van der Waals surface area contributed by atoms with Crippen LogP contribution >= 0.6 is 0 Å². The van der Waals surface area contributed by atoms with Gasteiger partial charge in [0.15, 0.2) is 5.78 Å². The van der Waals surface area contributed by atoms with Crippen LogP contribution in [0.3, 0.4) is 0 Å². The van der Waals surface area contributed by atoms with E-state index in [-0.39, 0.29) is 23.5 Å². The summed E-state index contributed by atoms with van der Waals surface area (Å²) in [5.74, 6) is -0.139. The van der Waals surface area contributed by atoms with Gasteiger partial charge in [0.1, 0.15) is 6.61 Å². The van der Waals surface area contributed by atoms with Gasteiger partial charge in [-0.05, 0) is 75.4 Å². The van der Waals surface area contributed by atoms with Crippen LogP contribution in [-0.4, -0.2) is 51.2 Å². The molecule has 0 spiro atoms. The Morgan fingerprint density at radius 1 is 1.21 bits per heavy atom. The molecule has 4 aliphatic carbocycles. The first-order valence-corrected chi connectivity index (χ1v) is 11.1. The predicted octanol–water partition coefficient (Wildman–Crippen LogP) is 2.60. The molecule has 6 nitrogen and oxygen atoms in total. The third-order valence-corrected chi connectivity index (χ3v) is 8.96. The lowest BCUT2D eigenvalue weighted by atomic mass is 9.46. The molecule has 0 saturated heterocycles. The molecule has 0 aromatic heterocycles. The van der Waals surface area contributed by atoms with Crippen LogP contribution in [0.2, 0.25) is 0 Å². The minimum absolute atomic E-state index is 0.00877. The van der Waals surface area contributed by atoms with Crippen LogP contribution in [0.4, 0.5) is 0 Å². The summed E-state index contributed by atoms with van der Waals surface area (Å²) in [6.45, 7) is 8.59. The lowest BCUT2D eigenvalue weighted by molar-refractivity contribution is -0.151. The maximum absolute atomic E-state index is 13.1. The maximum atomic E-state index is 13.1. The van der Waals surface area contributed by atoms with Crippen molar-refractivity contribution < 1.29 is 25.0 Å². The quantitative estimate of drug-likeness (QED) is 0.495. The number of aliphatic hydroxyl groups is 3. The summed E-state index contributed by atoms with van der Waals surface area (Å²) < 4.78 is 0. The lowest BCUT2D eigenvalue weighted by Gasteiger charge is -2.59. The molecule has 0 radical (unpaired) electrons. The summed E-state index contributed by atoms with van der Waals surface area (Å²) in [6.07, 6.45) is 3.85. The van der Waals surface area contributed by atoms with Gasteiger partial charge in [-0.1, -0.05) is 19.0 Å². The number of oxime groups is 1. The van der Waals surface area contributed by atoms with Crippen molar-refractivity contribution in [2.75, 3.05) is 6.61 Å². The van der Waals surface area contributed by atoms with Gasteiger partial charge in [0.2, 0.25) is 0 Å². The second kappa shape index (κ2) is 6.89. The first-order chi connectivity index (χ1) is 13.6. The number of ketones is 1. The highest BCUT2D eigenvalue weighted by molar-refractivity contribution is 5.95. The van der Waals surface area contributed by atoms with Crippen molar-refractivity contribution in [1.82, 2.24) is 0 Å². The largest absolute Gasteiger partial charge is 0.396 e. The van der Waals surface area contributed by atoms with Crippen molar-refractivity contribution >= 4 is 11.5 Å². The highest BCUT2D eigenvalue weighted by Crippen LogP contribution is 2.67. The molecule has 0 aromatic rings. The van der Waals surface area contributed by atoms with Gasteiger partial charge in [-0.3, -0.25) is 4.79 Å². The van der Waals surface area contributed by atoms with E-state index in [9.17, 15) is 20.1 Å². The summed E-state index contributed by atoms with van der Waals surface area (Å²) in [4.78, 5) is 18.4. The molecule has 0 heterocycles. The SMILES string of the molecule is CCO/N=C(\C)[C@H]1CC[C@@]2(O)C3=CC(=O)[C@@H]4CC(O)[C@@H](O)C[C@]4(C)C3CC[C@]12C. The van der Waals surface area contributed by atoms with Gasteiger partial charge in [0.05, 0.1) is 23.5 Å². The first-order valence-electron chi connectivity index (χ1n) is 11.1. The van der Waals surface area contributed by atoms with Crippen molar-refractivity contribution in [3.05, 3.63) is 11.6 Å². The average molecular weight is 406 g/mol. The molecule has 6 heteroatoms. The van der Waals surface area contributed by atoms with Gasteiger partial charge in [-0.25, -0.2) is 0 Å². The Kier molecular flexibility index (Phi) is 4.99. The molecule has 8 atom stereocenters. The third kappa shape index (κ3) is 2.78. The molecule has 29 heavy (non-hydrogen) atoms. The molecule has 162 valence electrons. The molecule has 3 fully saturated rings. The number of aliphatic hydroxyl groups excluding tert-OH is 2. The summed E-state index contributed by atoms with van der Waals surface area (Å²) in [5, 5.41) is 36.8. The topological polar surface area (TPSA) is 99.4 Å². The number of hydrogen-bond acceptors (Lipinski definition) is 6. The number of carbonyl (C=O) groups excluding carboxylic acids is 1. The molecule has 4 aliphatic rings. The zero-order chi connectivity index (χ0) is 21.2. The molecule has 2 unspecified atom stereocenters. The number of carbonyl (C=O) groups is 1. The van der Waals surface area contributed by atoms with Crippen molar-refractivity contribution in [2.45, 2.75) is 84.0 Å². The van der Waals surface area contributed by atoms with Gasteiger partial charge in [0.25, 0.3) is 0 Å². The molecular weight excluding hydrogens is 370 g/mol. The summed E-state index contributed by atoms with van der Waals surface area (Å²) in [6, 6.07) is 0. The van der Waals surface area contributed by atoms with Crippen molar-refractivity contribution in [3.63, 3.8) is 0 Å². The van der Waals surface area contributed by atoms with E-state index in [1.807, 2.05) is 13.8 Å². The van der Waals surface area contributed by atoms with Crippen LogP contribution in [0.5, 0.6) is 0 Å². The summed E-state index contributed by atoms with van der Waals surface area (Å²) in [5.41, 5.74) is -0.106. The fourth-order valence-electron chi connectivity index (χ4n) is 7.27. The van der Waals surface area contributed by atoms with Crippen LogP contribution in [0, 0.1) is 28.6 Å². The van der Waals surface area contributed by atoms with Gasteiger partial charge < -0.3 is 20.2 Å². The van der Waals surface area contributed by atoms with Crippen LogP contribution in [0.25, 0.3) is 0 Å². The van der Waals surface area contributed by atoms with E-state index in [1.165, 1.54) is 0 Å². The van der Waals surface area contributed by atoms with E-state index < -0.39 is 28.6 Å². The number of rotatable bonds is 3. The van der Waals surface area contributed by atoms with Gasteiger partial charge in [-0.15, -0.1) is 0 Å². The second-order valence-electron chi connectivity index (χ2n) is 10.2. The highest BCUT2D eigenvalue weighted by atomic mass is 16.6. The minimum Gasteiger partial charge on any atom is -0.396 e. The molecule has 0 bridgehead atoms. The molecule has 3 saturated carbocycles. The van der Waals surface area contributed by atoms with E-state index in [0.29, 0.717) is 25.9 Å². The Morgan fingerprint density at radius 2 is 1.93 bits per heavy atom. The zero-order valence-corrected chi connectivity index (χ0v) is 18.0. The smallest absolute Gasteiger partial charge is 0.159 e. The number of nitrogens with zero attached hydrogens (tertiary/aromatic N) is 1. The number of hydrogen-bond donors (Lipinski definition) is 3. The standard InChI is InChI=1S/C23H35NO5/c1-5-29-24-13(2)14-7-9-23(28)16-10-18(25)17-11-19(26)20(27)12-21(17,3)15(16)6-8-22(14,23)4/h10,14-15,17,19-20,26-28H,5-9,11-12H2,1-4H3/b24-13+/t14-,15?,17+,19?,20+,21-,22-,23-/m1/s1. The zero-order valence-electron chi connectivity index (χ0n) is 18.0. The Bertz CT molecular complexity index is 762. The Balaban J connectivity index is 1.73. The number of fused-ring (bicyclic) bond motifs is 5. The van der Waals surface area contributed by atoms with E-state index in [0.717, 1.165) is 30.5 Å². The normalized spacial score (nSPS) is 49.8. The third-order valence-electron chi connectivity index (χ3n) is 8.96. The lowest BCUT2D eigenvalue weighted by Crippen LogP contribution is -2.60. The summed E-state index contributed by atoms with van der Waals surface area (Å²) >= 11 is 0. The van der Waals surface area contributed by atoms with Crippen LogP contribution < -0.4 is 0 Å². The van der Waals surface area contributed by atoms with E-state index in [4.69, 9.17) is 4.84 Å². The fourth-order valence-corrected chi connectivity index (χ4v) is 7.27. The predicted molar refractivity (Wildman–Crippen MR) is 109 cm³/mol. The first kappa shape index (κ1) is 21.0. The fraction of sp³-hybridized carbons (Fsp3) is 0.826. The Labute approximate surface area is 173 Å². The second-order valence-corrected chi connectivity index (χ2v) is 10.2. The van der Waals surface area contributed by atoms with Crippen LogP contribution in [0.1, 0.15) is 66.2 Å². The Morgan fingerprint density at radius 3 is 2.62 bits per heavy atom. The van der Waals surface area contributed by atoms with Crippen LogP contribution in [0.15, 0.2) is 16.8 Å². The molecule has 4 rings (SSSR count). The molecule has 0 aromatic carbocycles. The Hall–Kier alpha value is -1.24. The number of allylic oxidation sites excluding steroid dienone is 1. The van der Waals surface area contributed by atoms with Gasteiger partial charge >= 0.3 is 0 Å². The molecule has 0 aliphatic heterocycles. The van der Waals surface area contributed by atoms with E-state index >= 15 is 0 Å².